The van der Waals surface area contributed by atoms with Crippen LogP contribution in [0.5, 0.6) is 0 Å². The molecule has 0 saturated carbocycles. The molecule has 0 aliphatic heterocycles. The quantitative estimate of drug-likeness (QED) is 0.644. The third-order valence-electron chi connectivity index (χ3n) is 2.93. The molecular formula is C12H11NO2S. The van der Waals surface area contributed by atoms with E-state index in [2.05, 4.69) is 22.4 Å². The Balaban J connectivity index is 2.33. The average Bonchev–Trinajstić information content (AvgIpc) is 2.57. The highest BCUT2D eigenvalue weighted by molar-refractivity contribution is 7.78. The van der Waals surface area contributed by atoms with Crippen molar-refractivity contribution in [2.75, 3.05) is 0 Å². The molecule has 0 saturated heterocycles. The number of carboxylic acid groups (broad SMARTS) is 1. The Morgan fingerprint density at radius 3 is 3.00 bits per heavy atom. The van der Waals surface area contributed by atoms with Gasteiger partial charge in [-0.25, -0.2) is 4.99 Å². The van der Waals surface area contributed by atoms with Gasteiger partial charge in [-0.05, 0) is 29.8 Å². The molecule has 4 heteroatoms. The van der Waals surface area contributed by atoms with Gasteiger partial charge in [0, 0.05) is 5.92 Å². The SMILES string of the molecule is O=C(O)CC1Cc2ccccc2C1N=C=S. The van der Waals surface area contributed by atoms with Crippen molar-refractivity contribution in [3.8, 4) is 0 Å². The number of thiocarbonyl (C=S) groups is 1. The van der Waals surface area contributed by atoms with Gasteiger partial charge < -0.3 is 5.11 Å². The Kier molecular flexibility index (Phi) is 3.13. The Bertz CT molecular complexity index is 466. The van der Waals surface area contributed by atoms with Crippen molar-refractivity contribution in [2.45, 2.75) is 18.9 Å². The van der Waals surface area contributed by atoms with Crippen molar-refractivity contribution >= 4 is 23.3 Å². The predicted octanol–water partition coefficient (Wildman–Crippen LogP) is 2.48. The number of nitrogens with zero attached hydrogens (tertiary/aromatic N) is 1. The standard InChI is InChI=1S/C12H11NO2S/c14-11(15)6-9-5-8-3-1-2-4-10(8)12(9)13-7-16/h1-4,9,12H,5-6H2,(H,14,15). The van der Waals surface area contributed by atoms with Crippen LogP contribution in [-0.4, -0.2) is 16.2 Å². The molecule has 0 fully saturated rings. The molecule has 0 aromatic heterocycles. The van der Waals surface area contributed by atoms with Crippen molar-refractivity contribution < 1.29 is 9.90 Å². The van der Waals surface area contributed by atoms with Crippen molar-refractivity contribution in [3.63, 3.8) is 0 Å². The van der Waals surface area contributed by atoms with Crippen molar-refractivity contribution in [1.29, 1.82) is 0 Å². The highest BCUT2D eigenvalue weighted by Gasteiger charge is 2.33. The Labute approximate surface area is 98.8 Å². The minimum atomic E-state index is -0.789. The van der Waals surface area contributed by atoms with E-state index in [9.17, 15) is 4.79 Å². The van der Waals surface area contributed by atoms with E-state index in [1.54, 1.807) is 0 Å². The molecule has 0 amide bonds. The van der Waals surface area contributed by atoms with Crippen molar-refractivity contribution in [3.05, 3.63) is 35.4 Å². The maximum absolute atomic E-state index is 10.8. The third-order valence-corrected chi connectivity index (χ3v) is 3.04. The van der Waals surface area contributed by atoms with Crippen LogP contribution in [0.25, 0.3) is 0 Å². The molecule has 0 bridgehead atoms. The van der Waals surface area contributed by atoms with Gasteiger partial charge in [-0.15, -0.1) is 0 Å². The molecule has 2 atom stereocenters. The molecule has 16 heavy (non-hydrogen) atoms. The Hall–Kier alpha value is -1.51. The zero-order valence-electron chi connectivity index (χ0n) is 8.59. The number of aliphatic carboxylic acids is 1. The third kappa shape index (κ3) is 2.03. The molecule has 2 rings (SSSR count). The molecule has 0 heterocycles. The molecule has 0 radical (unpaired) electrons. The normalized spacial score (nSPS) is 22.2. The molecule has 1 aromatic carbocycles. The minimum Gasteiger partial charge on any atom is -0.481 e. The van der Waals surface area contributed by atoms with Gasteiger partial charge in [0.1, 0.15) is 0 Å². The first-order chi connectivity index (χ1) is 7.72. The lowest BCUT2D eigenvalue weighted by molar-refractivity contribution is -0.138. The summed E-state index contributed by atoms with van der Waals surface area (Å²) < 4.78 is 0. The van der Waals surface area contributed by atoms with Gasteiger partial charge in [0.25, 0.3) is 0 Å². The first-order valence-corrected chi connectivity index (χ1v) is 5.49. The van der Waals surface area contributed by atoms with Crippen molar-refractivity contribution in [2.24, 2.45) is 10.9 Å². The smallest absolute Gasteiger partial charge is 0.303 e. The summed E-state index contributed by atoms with van der Waals surface area (Å²) in [7, 11) is 0. The van der Waals surface area contributed by atoms with E-state index in [4.69, 9.17) is 5.11 Å². The van der Waals surface area contributed by atoms with Gasteiger partial charge in [-0.2, -0.15) is 0 Å². The number of carboxylic acids is 1. The molecular weight excluding hydrogens is 222 g/mol. The maximum Gasteiger partial charge on any atom is 0.303 e. The van der Waals surface area contributed by atoms with E-state index in [1.807, 2.05) is 24.3 Å². The van der Waals surface area contributed by atoms with Crippen LogP contribution in [0.4, 0.5) is 0 Å². The number of fused-ring (bicyclic) bond motifs is 1. The Morgan fingerprint density at radius 1 is 1.56 bits per heavy atom. The number of hydrogen-bond donors (Lipinski definition) is 1. The second kappa shape index (κ2) is 4.56. The molecule has 1 aromatic rings. The van der Waals surface area contributed by atoms with Gasteiger partial charge in [0.05, 0.1) is 17.6 Å². The van der Waals surface area contributed by atoms with Gasteiger partial charge >= 0.3 is 5.97 Å². The summed E-state index contributed by atoms with van der Waals surface area (Å²) in [4.78, 5) is 14.9. The van der Waals surface area contributed by atoms with Crippen LogP contribution in [0.3, 0.4) is 0 Å². The number of rotatable bonds is 3. The lowest BCUT2D eigenvalue weighted by Gasteiger charge is -2.12. The molecule has 1 N–H and O–H groups in total. The summed E-state index contributed by atoms with van der Waals surface area (Å²) in [5.74, 6) is -0.785. The summed E-state index contributed by atoms with van der Waals surface area (Å²) in [6.45, 7) is 0. The van der Waals surface area contributed by atoms with Crippen LogP contribution in [-0.2, 0) is 11.2 Å². The summed E-state index contributed by atoms with van der Waals surface area (Å²) in [5, 5.41) is 11.2. The highest BCUT2D eigenvalue weighted by Crippen LogP contribution is 2.40. The zero-order chi connectivity index (χ0) is 11.5. The molecule has 1 aliphatic carbocycles. The van der Waals surface area contributed by atoms with E-state index in [0.29, 0.717) is 0 Å². The van der Waals surface area contributed by atoms with Gasteiger partial charge in [-0.1, -0.05) is 24.3 Å². The summed E-state index contributed by atoms with van der Waals surface area (Å²) >= 11 is 4.62. The van der Waals surface area contributed by atoms with Crippen LogP contribution in [0, 0.1) is 5.92 Å². The van der Waals surface area contributed by atoms with E-state index in [1.165, 1.54) is 5.56 Å². The number of carbonyl (C=O) groups is 1. The summed E-state index contributed by atoms with van der Waals surface area (Å²) in [6.07, 6.45) is 0.882. The summed E-state index contributed by atoms with van der Waals surface area (Å²) in [6, 6.07) is 7.76. The average molecular weight is 233 g/mol. The molecule has 1 aliphatic rings. The fourth-order valence-electron chi connectivity index (χ4n) is 2.30. The van der Waals surface area contributed by atoms with E-state index in [0.717, 1.165) is 12.0 Å². The topological polar surface area (TPSA) is 49.7 Å². The molecule has 2 unspecified atom stereocenters. The lowest BCUT2D eigenvalue weighted by atomic mass is 9.98. The minimum absolute atomic E-state index is 0.00495. The second-order valence-electron chi connectivity index (χ2n) is 3.93. The monoisotopic (exact) mass is 233 g/mol. The van der Waals surface area contributed by atoms with Gasteiger partial charge in [0.2, 0.25) is 0 Å². The van der Waals surface area contributed by atoms with E-state index >= 15 is 0 Å². The number of aliphatic imine (C=N–C) groups is 1. The second-order valence-corrected chi connectivity index (χ2v) is 4.11. The number of hydrogen-bond acceptors (Lipinski definition) is 3. The Morgan fingerprint density at radius 2 is 2.31 bits per heavy atom. The molecule has 3 nitrogen and oxygen atoms in total. The number of benzene rings is 1. The first kappa shape index (κ1) is 11.0. The lowest BCUT2D eigenvalue weighted by Crippen LogP contribution is -2.11. The van der Waals surface area contributed by atoms with Gasteiger partial charge in [-0.3, -0.25) is 4.79 Å². The summed E-state index contributed by atoms with van der Waals surface area (Å²) in [5.41, 5.74) is 2.26. The maximum atomic E-state index is 10.8. The predicted molar refractivity (Wildman–Crippen MR) is 63.7 cm³/mol. The van der Waals surface area contributed by atoms with Gasteiger partial charge in [0.15, 0.2) is 0 Å². The van der Waals surface area contributed by atoms with Crippen LogP contribution in [0.15, 0.2) is 29.3 Å². The molecule has 82 valence electrons. The molecule has 0 spiro atoms. The fourth-order valence-corrected chi connectivity index (χ4v) is 2.41. The van der Waals surface area contributed by atoms with E-state index in [-0.39, 0.29) is 18.4 Å². The van der Waals surface area contributed by atoms with Crippen LogP contribution < -0.4 is 0 Å². The fraction of sp³-hybridized carbons (Fsp3) is 0.333. The van der Waals surface area contributed by atoms with Crippen LogP contribution in [0.2, 0.25) is 0 Å². The largest absolute Gasteiger partial charge is 0.481 e. The zero-order valence-corrected chi connectivity index (χ0v) is 9.41. The van der Waals surface area contributed by atoms with Crippen LogP contribution in [0.1, 0.15) is 23.6 Å². The number of isothiocyanates is 1. The first-order valence-electron chi connectivity index (χ1n) is 5.09. The van der Waals surface area contributed by atoms with Crippen molar-refractivity contribution in [1.82, 2.24) is 0 Å². The van der Waals surface area contributed by atoms with Crippen LogP contribution >= 0.6 is 12.2 Å². The van der Waals surface area contributed by atoms with E-state index < -0.39 is 5.97 Å². The highest BCUT2D eigenvalue weighted by atomic mass is 32.1.